The number of nitrogens with zero attached hydrogens (tertiary/aromatic N) is 3. The van der Waals surface area contributed by atoms with Crippen LogP contribution in [0.2, 0.25) is 0 Å². The Bertz CT molecular complexity index is 378. The summed E-state index contributed by atoms with van der Waals surface area (Å²) in [4.78, 5) is 4.18. The first kappa shape index (κ1) is 6.22. The molecule has 0 unspecified atom stereocenters. The van der Waals surface area contributed by atoms with Crippen LogP contribution in [0, 0.1) is 6.92 Å². The number of aromatic nitrogens is 3. The molecule has 0 amide bonds. The van der Waals surface area contributed by atoms with Gasteiger partial charge < -0.3 is 0 Å². The lowest BCUT2D eigenvalue weighted by Gasteiger charge is -1.95. The fourth-order valence-corrected chi connectivity index (χ4v) is 1.05. The molecular formula is C8H7N3. The third kappa shape index (κ3) is 0.941. The van der Waals surface area contributed by atoms with E-state index in [4.69, 9.17) is 0 Å². The molecule has 0 saturated carbocycles. The fraction of sp³-hybridized carbons (Fsp3) is 0.125. The Labute approximate surface area is 64.1 Å². The average Bonchev–Trinajstić information content (AvgIpc) is 2.06. The molecule has 0 spiro atoms. The lowest BCUT2D eigenvalue weighted by molar-refractivity contribution is 0.995. The number of hydrogen-bond donors (Lipinski definition) is 0. The van der Waals surface area contributed by atoms with Crippen LogP contribution in [0.1, 0.15) is 5.69 Å². The van der Waals surface area contributed by atoms with E-state index in [-0.39, 0.29) is 0 Å². The lowest BCUT2D eigenvalue weighted by atomic mass is 10.2. The van der Waals surface area contributed by atoms with Crippen LogP contribution in [0.4, 0.5) is 0 Å². The predicted molar refractivity (Wildman–Crippen MR) is 42.1 cm³/mol. The molecule has 3 heteroatoms. The van der Waals surface area contributed by atoms with Gasteiger partial charge in [0.1, 0.15) is 0 Å². The quantitative estimate of drug-likeness (QED) is 0.561. The summed E-state index contributed by atoms with van der Waals surface area (Å²) in [7, 11) is 0. The van der Waals surface area contributed by atoms with Crippen molar-refractivity contribution in [2.45, 2.75) is 6.92 Å². The molecule has 3 nitrogen and oxygen atoms in total. The highest BCUT2D eigenvalue weighted by Gasteiger charge is 1.96. The van der Waals surface area contributed by atoms with Crippen molar-refractivity contribution in [3.63, 3.8) is 0 Å². The molecule has 0 aliphatic heterocycles. The minimum Gasteiger partial charge on any atom is -0.254 e. The monoisotopic (exact) mass is 145 g/mol. The van der Waals surface area contributed by atoms with Crippen molar-refractivity contribution in [2.24, 2.45) is 0 Å². The number of fused-ring (bicyclic) bond motifs is 1. The molecule has 0 N–H and O–H groups in total. The SMILES string of the molecule is Cc1nncc2cccnc12. The molecule has 2 aromatic rings. The van der Waals surface area contributed by atoms with Crippen LogP contribution in [0.3, 0.4) is 0 Å². The Morgan fingerprint density at radius 2 is 2.27 bits per heavy atom. The van der Waals surface area contributed by atoms with Gasteiger partial charge in [-0.05, 0) is 19.1 Å². The molecule has 54 valence electrons. The van der Waals surface area contributed by atoms with Crippen molar-refractivity contribution >= 4 is 10.9 Å². The summed E-state index contributed by atoms with van der Waals surface area (Å²) in [5.41, 5.74) is 1.81. The minimum absolute atomic E-state index is 0.878. The number of rotatable bonds is 0. The van der Waals surface area contributed by atoms with E-state index < -0.39 is 0 Å². The minimum atomic E-state index is 0.878. The van der Waals surface area contributed by atoms with Crippen molar-refractivity contribution in [1.82, 2.24) is 15.2 Å². The number of hydrogen-bond acceptors (Lipinski definition) is 3. The molecule has 0 bridgehead atoms. The van der Waals surface area contributed by atoms with Gasteiger partial charge in [-0.25, -0.2) is 0 Å². The van der Waals surface area contributed by atoms with E-state index in [0.29, 0.717) is 0 Å². The second kappa shape index (κ2) is 2.27. The van der Waals surface area contributed by atoms with Gasteiger partial charge >= 0.3 is 0 Å². The van der Waals surface area contributed by atoms with Crippen LogP contribution < -0.4 is 0 Å². The molecule has 0 radical (unpaired) electrons. The van der Waals surface area contributed by atoms with Gasteiger partial charge in [-0.3, -0.25) is 4.98 Å². The van der Waals surface area contributed by atoms with Gasteiger partial charge in [0.25, 0.3) is 0 Å². The first-order valence-corrected chi connectivity index (χ1v) is 3.41. The average molecular weight is 145 g/mol. The molecule has 0 aliphatic carbocycles. The summed E-state index contributed by atoms with van der Waals surface area (Å²) in [5, 5.41) is 8.76. The van der Waals surface area contributed by atoms with E-state index in [1.165, 1.54) is 0 Å². The van der Waals surface area contributed by atoms with Crippen molar-refractivity contribution < 1.29 is 0 Å². The topological polar surface area (TPSA) is 38.7 Å². The van der Waals surface area contributed by atoms with Gasteiger partial charge in [0.2, 0.25) is 0 Å². The highest BCUT2D eigenvalue weighted by molar-refractivity contribution is 5.78. The highest BCUT2D eigenvalue weighted by atomic mass is 15.1. The summed E-state index contributed by atoms with van der Waals surface area (Å²) in [6, 6.07) is 3.87. The van der Waals surface area contributed by atoms with Gasteiger partial charge in [0.05, 0.1) is 17.4 Å². The molecule has 11 heavy (non-hydrogen) atoms. The van der Waals surface area contributed by atoms with Gasteiger partial charge in [0.15, 0.2) is 0 Å². The first-order chi connectivity index (χ1) is 5.38. The van der Waals surface area contributed by atoms with Crippen LogP contribution in [0.25, 0.3) is 10.9 Å². The normalized spacial score (nSPS) is 10.3. The number of aryl methyl sites for hydroxylation is 1. The van der Waals surface area contributed by atoms with Gasteiger partial charge in [-0.15, -0.1) is 0 Å². The molecular weight excluding hydrogens is 138 g/mol. The molecule has 2 rings (SSSR count). The molecule has 0 saturated heterocycles. The van der Waals surface area contributed by atoms with E-state index in [1.54, 1.807) is 12.4 Å². The van der Waals surface area contributed by atoms with Gasteiger partial charge in [-0.1, -0.05) is 0 Å². The summed E-state index contributed by atoms with van der Waals surface area (Å²) in [6.45, 7) is 1.91. The smallest absolute Gasteiger partial charge is 0.0948 e. The van der Waals surface area contributed by atoms with E-state index in [2.05, 4.69) is 15.2 Å². The van der Waals surface area contributed by atoms with E-state index >= 15 is 0 Å². The largest absolute Gasteiger partial charge is 0.254 e. The van der Waals surface area contributed by atoms with Gasteiger partial charge in [0, 0.05) is 11.6 Å². The van der Waals surface area contributed by atoms with Gasteiger partial charge in [-0.2, -0.15) is 10.2 Å². The van der Waals surface area contributed by atoms with Crippen LogP contribution in [-0.2, 0) is 0 Å². The van der Waals surface area contributed by atoms with E-state index in [0.717, 1.165) is 16.6 Å². The zero-order valence-corrected chi connectivity index (χ0v) is 6.15. The Morgan fingerprint density at radius 3 is 3.09 bits per heavy atom. The van der Waals surface area contributed by atoms with Crippen molar-refractivity contribution in [1.29, 1.82) is 0 Å². The van der Waals surface area contributed by atoms with Crippen LogP contribution >= 0.6 is 0 Å². The second-order valence-electron chi connectivity index (χ2n) is 2.37. The highest BCUT2D eigenvalue weighted by Crippen LogP contribution is 2.09. The fourth-order valence-electron chi connectivity index (χ4n) is 1.05. The summed E-state index contributed by atoms with van der Waals surface area (Å²) >= 11 is 0. The second-order valence-corrected chi connectivity index (χ2v) is 2.37. The van der Waals surface area contributed by atoms with Crippen molar-refractivity contribution in [3.05, 3.63) is 30.2 Å². The Kier molecular flexibility index (Phi) is 1.28. The molecule has 2 heterocycles. The molecule has 0 fully saturated rings. The Hall–Kier alpha value is -1.51. The predicted octanol–water partition coefficient (Wildman–Crippen LogP) is 1.33. The zero-order chi connectivity index (χ0) is 7.68. The molecule has 0 atom stereocenters. The Balaban J connectivity index is 2.91. The van der Waals surface area contributed by atoms with Crippen LogP contribution in [0.15, 0.2) is 24.5 Å². The summed E-state index contributed by atoms with van der Waals surface area (Å²) in [5.74, 6) is 0. The third-order valence-corrected chi connectivity index (χ3v) is 1.59. The summed E-state index contributed by atoms with van der Waals surface area (Å²) in [6.07, 6.45) is 3.48. The molecule has 0 aromatic carbocycles. The maximum Gasteiger partial charge on any atom is 0.0948 e. The first-order valence-electron chi connectivity index (χ1n) is 3.41. The van der Waals surface area contributed by atoms with Crippen molar-refractivity contribution in [2.75, 3.05) is 0 Å². The standard InChI is InChI=1S/C8H7N3/c1-6-8-7(5-10-11-6)3-2-4-9-8/h2-5H,1H3. The lowest BCUT2D eigenvalue weighted by Crippen LogP contribution is -1.88. The molecule has 0 aliphatic rings. The zero-order valence-electron chi connectivity index (χ0n) is 6.15. The van der Waals surface area contributed by atoms with E-state index in [9.17, 15) is 0 Å². The Morgan fingerprint density at radius 1 is 1.36 bits per heavy atom. The maximum atomic E-state index is 4.18. The van der Waals surface area contributed by atoms with Crippen LogP contribution in [-0.4, -0.2) is 15.2 Å². The molecule has 2 aromatic heterocycles. The number of pyridine rings is 1. The summed E-state index contributed by atoms with van der Waals surface area (Å²) < 4.78 is 0. The van der Waals surface area contributed by atoms with E-state index in [1.807, 2.05) is 19.1 Å². The maximum absolute atomic E-state index is 4.18. The van der Waals surface area contributed by atoms with Crippen molar-refractivity contribution in [3.8, 4) is 0 Å². The third-order valence-electron chi connectivity index (χ3n) is 1.59. The van der Waals surface area contributed by atoms with Crippen LogP contribution in [0.5, 0.6) is 0 Å².